The summed E-state index contributed by atoms with van der Waals surface area (Å²) in [5.41, 5.74) is 3.27. The molecule has 134 valence electrons. The molecule has 2 aromatic rings. The standard InChI is InChI=1S/C20H23N5O/c1-24-9-11-25(12-10-24)19-7-5-17(6-8-19)22-15-20(26)23-18-4-2-3-16(13-18)14-21/h2-8,13,22H,9-12,15H2,1H3,(H,23,26). The summed E-state index contributed by atoms with van der Waals surface area (Å²) in [5.74, 6) is -0.150. The van der Waals surface area contributed by atoms with Crippen molar-refractivity contribution in [2.24, 2.45) is 0 Å². The van der Waals surface area contributed by atoms with Gasteiger partial charge in [0.05, 0.1) is 18.2 Å². The Morgan fingerprint density at radius 1 is 1.08 bits per heavy atom. The summed E-state index contributed by atoms with van der Waals surface area (Å²) in [7, 11) is 2.14. The summed E-state index contributed by atoms with van der Waals surface area (Å²) in [6, 6.07) is 17.1. The summed E-state index contributed by atoms with van der Waals surface area (Å²) in [6.07, 6.45) is 0. The summed E-state index contributed by atoms with van der Waals surface area (Å²) < 4.78 is 0. The van der Waals surface area contributed by atoms with Crippen LogP contribution in [-0.2, 0) is 4.79 Å². The quantitative estimate of drug-likeness (QED) is 0.867. The third kappa shape index (κ3) is 4.74. The molecule has 1 heterocycles. The average molecular weight is 349 g/mol. The number of anilines is 3. The molecule has 26 heavy (non-hydrogen) atoms. The number of hydrogen-bond acceptors (Lipinski definition) is 5. The van der Waals surface area contributed by atoms with E-state index in [0.29, 0.717) is 11.3 Å². The first-order valence-electron chi connectivity index (χ1n) is 8.71. The molecular weight excluding hydrogens is 326 g/mol. The monoisotopic (exact) mass is 349 g/mol. The number of nitriles is 1. The van der Waals surface area contributed by atoms with Crippen LogP contribution in [0.4, 0.5) is 17.1 Å². The SMILES string of the molecule is CN1CCN(c2ccc(NCC(=O)Nc3cccc(C#N)c3)cc2)CC1. The molecule has 0 spiro atoms. The molecule has 1 saturated heterocycles. The maximum absolute atomic E-state index is 12.1. The molecule has 6 heteroatoms. The highest BCUT2D eigenvalue weighted by molar-refractivity contribution is 5.93. The molecule has 2 aromatic carbocycles. The van der Waals surface area contributed by atoms with Gasteiger partial charge in [0, 0.05) is 43.2 Å². The van der Waals surface area contributed by atoms with E-state index in [2.05, 4.69) is 45.7 Å². The van der Waals surface area contributed by atoms with Gasteiger partial charge in [0.1, 0.15) is 0 Å². The van der Waals surface area contributed by atoms with Crippen molar-refractivity contribution in [1.29, 1.82) is 5.26 Å². The summed E-state index contributed by atoms with van der Waals surface area (Å²) in [6.45, 7) is 4.39. The van der Waals surface area contributed by atoms with Gasteiger partial charge in [-0.3, -0.25) is 4.79 Å². The number of benzene rings is 2. The van der Waals surface area contributed by atoms with Crippen LogP contribution in [0.25, 0.3) is 0 Å². The lowest BCUT2D eigenvalue weighted by Gasteiger charge is -2.34. The van der Waals surface area contributed by atoms with Crippen molar-refractivity contribution in [1.82, 2.24) is 4.90 Å². The van der Waals surface area contributed by atoms with Gasteiger partial charge in [0.25, 0.3) is 0 Å². The van der Waals surface area contributed by atoms with Crippen LogP contribution in [0.3, 0.4) is 0 Å². The van der Waals surface area contributed by atoms with Crippen LogP contribution in [0, 0.1) is 11.3 Å². The Hall–Kier alpha value is -3.04. The lowest BCUT2D eigenvalue weighted by molar-refractivity contribution is -0.114. The number of carbonyl (C=O) groups is 1. The Morgan fingerprint density at radius 2 is 1.81 bits per heavy atom. The molecule has 0 bridgehead atoms. The number of nitrogens with zero attached hydrogens (tertiary/aromatic N) is 3. The van der Waals surface area contributed by atoms with E-state index in [1.165, 1.54) is 5.69 Å². The molecule has 1 amide bonds. The average Bonchev–Trinajstić information content (AvgIpc) is 2.67. The highest BCUT2D eigenvalue weighted by atomic mass is 16.1. The molecule has 1 aliphatic rings. The van der Waals surface area contributed by atoms with Crippen molar-refractivity contribution >= 4 is 23.0 Å². The molecule has 6 nitrogen and oxygen atoms in total. The van der Waals surface area contributed by atoms with E-state index >= 15 is 0 Å². The van der Waals surface area contributed by atoms with Crippen LogP contribution in [0.15, 0.2) is 48.5 Å². The van der Waals surface area contributed by atoms with E-state index in [-0.39, 0.29) is 12.5 Å². The van der Waals surface area contributed by atoms with Gasteiger partial charge in [-0.1, -0.05) is 6.07 Å². The smallest absolute Gasteiger partial charge is 0.243 e. The minimum atomic E-state index is -0.150. The Kier molecular flexibility index (Phi) is 5.72. The molecule has 0 radical (unpaired) electrons. The maximum atomic E-state index is 12.1. The molecular formula is C20H23N5O. The van der Waals surface area contributed by atoms with Gasteiger partial charge in [-0.2, -0.15) is 5.26 Å². The zero-order valence-electron chi connectivity index (χ0n) is 14.9. The highest BCUT2D eigenvalue weighted by Gasteiger charge is 2.14. The second-order valence-electron chi connectivity index (χ2n) is 6.43. The third-order valence-corrected chi connectivity index (χ3v) is 4.46. The van der Waals surface area contributed by atoms with Gasteiger partial charge in [0.2, 0.25) is 5.91 Å². The zero-order valence-corrected chi connectivity index (χ0v) is 14.9. The first-order valence-corrected chi connectivity index (χ1v) is 8.71. The Morgan fingerprint density at radius 3 is 2.50 bits per heavy atom. The topological polar surface area (TPSA) is 71.4 Å². The second kappa shape index (κ2) is 8.37. The lowest BCUT2D eigenvalue weighted by atomic mass is 10.2. The second-order valence-corrected chi connectivity index (χ2v) is 6.43. The Bertz CT molecular complexity index is 789. The number of piperazine rings is 1. The molecule has 0 unspecified atom stereocenters. The lowest BCUT2D eigenvalue weighted by Crippen LogP contribution is -2.44. The number of likely N-dealkylation sites (N-methyl/N-ethyl adjacent to an activating group) is 1. The molecule has 2 N–H and O–H groups in total. The van der Waals surface area contributed by atoms with Gasteiger partial charge in [-0.05, 0) is 49.5 Å². The fourth-order valence-corrected chi connectivity index (χ4v) is 2.91. The van der Waals surface area contributed by atoms with E-state index in [0.717, 1.165) is 31.9 Å². The van der Waals surface area contributed by atoms with Crippen LogP contribution in [0.5, 0.6) is 0 Å². The van der Waals surface area contributed by atoms with E-state index in [1.807, 2.05) is 12.1 Å². The largest absolute Gasteiger partial charge is 0.376 e. The molecule has 0 atom stereocenters. The molecule has 0 aliphatic carbocycles. The van der Waals surface area contributed by atoms with Gasteiger partial charge >= 0.3 is 0 Å². The maximum Gasteiger partial charge on any atom is 0.243 e. The zero-order chi connectivity index (χ0) is 18.4. The predicted octanol–water partition coefficient (Wildman–Crippen LogP) is 2.36. The van der Waals surface area contributed by atoms with Crippen molar-refractivity contribution < 1.29 is 4.79 Å². The van der Waals surface area contributed by atoms with E-state index in [4.69, 9.17) is 5.26 Å². The summed E-state index contributed by atoms with van der Waals surface area (Å²) in [5, 5.41) is 14.8. The van der Waals surface area contributed by atoms with Crippen LogP contribution < -0.4 is 15.5 Å². The molecule has 1 fully saturated rings. The van der Waals surface area contributed by atoms with Crippen molar-refractivity contribution in [2.45, 2.75) is 0 Å². The predicted molar refractivity (Wildman–Crippen MR) is 104 cm³/mol. The minimum absolute atomic E-state index is 0.150. The van der Waals surface area contributed by atoms with Gasteiger partial charge < -0.3 is 20.4 Å². The number of amides is 1. The van der Waals surface area contributed by atoms with E-state index in [9.17, 15) is 4.79 Å². The molecule has 1 aliphatic heterocycles. The van der Waals surface area contributed by atoms with Crippen molar-refractivity contribution in [2.75, 3.05) is 55.3 Å². The fourth-order valence-electron chi connectivity index (χ4n) is 2.91. The Labute approximate surface area is 154 Å². The van der Waals surface area contributed by atoms with E-state index < -0.39 is 0 Å². The minimum Gasteiger partial charge on any atom is -0.376 e. The fraction of sp³-hybridized carbons (Fsp3) is 0.300. The summed E-state index contributed by atoms with van der Waals surface area (Å²) >= 11 is 0. The van der Waals surface area contributed by atoms with Crippen molar-refractivity contribution in [3.05, 3.63) is 54.1 Å². The summed E-state index contributed by atoms with van der Waals surface area (Å²) in [4.78, 5) is 16.8. The first kappa shape index (κ1) is 17.8. The molecule has 3 rings (SSSR count). The van der Waals surface area contributed by atoms with Crippen LogP contribution >= 0.6 is 0 Å². The number of hydrogen-bond donors (Lipinski definition) is 2. The first-order chi connectivity index (χ1) is 12.6. The number of rotatable bonds is 5. The van der Waals surface area contributed by atoms with Crippen LogP contribution in [0.2, 0.25) is 0 Å². The van der Waals surface area contributed by atoms with Gasteiger partial charge in [-0.15, -0.1) is 0 Å². The van der Waals surface area contributed by atoms with Crippen molar-refractivity contribution in [3.63, 3.8) is 0 Å². The van der Waals surface area contributed by atoms with Crippen LogP contribution in [0.1, 0.15) is 5.56 Å². The van der Waals surface area contributed by atoms with Crippen molar-refractivity contribution in [3.8, 4) is 6.07 Å². The van der Waals surface area contributed by atoms with Gasteiger partial charge in [-0.25, -0.2) is 0 Å². The van der Waals surface area contributed by atoms with Gasteiger partial charge in [0.15, 0.2) is 0 Å². The number of nitrogens with one attached hydrogen (secondary N) is 2. The third-order valence-electron chi connectivity index (χ3n) is 4.46. The molecule has 0 aromatic heterocycles. The number of carbonyl (C=O) groups excluding carboxylic acids is 1. The molecule has 0 saturated carbocycles. The highest BCUT2D eigenvalue weighted by Crippen LogP contribution is 2.19. The normalized spacial score (nSPS) is 14.5. The van der Waals surface area contributed by atoms with E-state index in [1.54, 1.807) is 24.3 Å². The van der Waals surface area contributed by atoms with Crippen LogP contribution in [-0.4, -0.2) is 50.6 Å². The Balaban J connectivity index is 1.50.